The fourth-order valence-electron chi connectivity index (χ4n) is 1.57. The molecule has 0 spiro atoms. The number of ether oxygens (including phenoxy) is 1. The lowest BCUT2D eigenvalue weighted by molar-refractivity contribution is 0.0438. The molecule has 0 aromatic heterocycles. The fraction of sp³-hybridized carbons (Fsp3) is 0.533. The summed E-state index contributed by atoms with van der Waals surface area (Å²) in [6.45, 7) is 9.31. The molecule has 100 valence electrons. The average Bonchev–Trinajstić information content (AvgIpc) is 2.26. The average molecular weight is 250 g/mol. The zero-order chi connectivity index (χ0) is 13.9. The molecule has 0 radical (unpaired) electrons. The summed E-state index contributed by atoms with van der Waals surface area (Å²) in [6.07, 6.45) is -1.04. The van der Waals surface area contributed by atoms with Gasteiger partial charge < -0.3 is 9.84 Å². The van der Waals surface area contributed by atoms with Gasteiger partial charge in [0.15, 0.2) is 5.78 Å². The van der Waals surface area contributed by atoms with E-state index >= 15 is 0 Å². The van der Waals surface area contributed by atoms with Crippen molar-refractivity contribution in [1.29, 1.82) is 0 Å². The van der Waals surface area contributed by atoms with E-state index in [1.165, 1.54) is 0 Å². The molecule has 0 fully saturated rings. The molecule has 0 aliphatic heterocycles. The van der Waals surface area contributed by atoms with Crippen molar-refractivity contribution in [3.05, 3.63) is 29.8 Å². The maximum absolute atomic E-state index is 12.3. The van der Waals surface area contributed by atoms with Crippen LogP contribution in [0.1, 0.15) is 45.0 Å². The number of hydrogen-bond acceptors (Lipinski definition) is 3. The van der Waals surface area contributed by atoms with Gasteiger partial charge in [-0.3, -0.25) is 4.79 Å². The number of hydrogen-bond donors (Lipinski definition) is 1. The van der Waals surface area contributed by atoms with E-state index in [0.29, 0.717) is 11.3 Å². The van der Waals surface area contributed by atoms with Gasteiger partial charge in [-0.2, -0.15) is 0 Å². The Morgan fingerprint density at radius 1 is 1.22 bits per heavy atom. The van der Waals surface area contributed by atoms with Crippen molar-refractivity contribution in [2.45, 2.75) is 46.8 Å². The number of para-hydroxylation sites is 1. The number of aliphatic hydroxyl groups is 1. The molecule has 18 heavy (non-hydrogen) atoms. The van der Waals surface area contributed by atoms with Crippen molar-refractivity contribution in [2.24, 2.45) is 5.41 Å². The predicted molar refractivity (Wildman–Crippen MR) is 72.0 cm³/mol. The van der Waals surface area contributed by atoms with E-state index in [9.17, 15) is 9.90 Å². The van der Waals surface area contributed by atoms with Crippen LogP contribution in [0.25, 0.3) is 0 Å². The van der Waals surface area contributed by atoms with Gasteiger partial charge in [0.25, 0.3) is 0 Å². The lowest BCUT2D eigenvalue weighted by Gasteiger charge is -2.25. The van der Waals surface area contributed by atoms with Gasteiger partial charge in [-0.15, -0.1) is 0 Å². The highest BCUT2D eigenvalue weighted by Gasteiger charge is 2.31. The molecule has 1 aromatic carbocycles. The molecule has 1 N–H and O–H groups in total. The van der Waals surface area contributed by atoms with Crippen LogP contribution in [0.5, 0.6) is 5.75 Å². The van der Waals surface area contributed by atoms with Crippen molar-refractivity contribution < 1.29 is 14.6 Å². The van der Waals surface area contributed by atoms with Gasteiger partial charge in [0.2, 0.25) is 0 Å². The monoisotopic (exact) mass is 250 g/mol. The van der Waals surface area contributed by atoms with Gasteiger partial charge in [-0.05, 0) is 31.4 Å². The van der Waals surface area contributed by atoms with Crippen LogP contribution in [-0.2, 0) is 0 Å². The molecule has 0 saturated heterocycles. The number of ketones is 1. The van der Waals surface area contributed by atoms with E-state index in [4.69, 9.17) is 4.74 Å². The molecule has 3 heteroatoms. The minimum Gasteiger partial charge on any atom is -0.490 e. The van der Waals surface area contributed by atoms with E-state index in [-0.39, 0.29) is 11.9 Å². The van der Waals surface area contributed by atoms with E-state index in [1.54, 1.807) is 18.2 Å². The highest BCUT2D eigenvalue weighted by atomic mass is 16.5. The number of rotatable bonds is 4. The summed E-state index contributed by atoms with van der Waals surface area (Å²) in [5.41, 5.74) is -0.0456. The van der Waals surface area contributed by atoms with Crippen LogP contribution in [0, 0.1) is 5.41 Å². The van der Waals surface area contributed by atoms with Crippen molar-refractivity contribution in [3.8, 4) is 5.75 Å². The Morgan fingerprint density at radius 2 is 1.78 bits per heavy atom. The van der Waals surface area contributed by atoms with Crippen molar-refractivity contribution in [3.63, 3.8) is 0 Å². The first-order valence-electron chi connectivity index (χ1n) is 6.21. The highest BCUT2D eigenvalue weighted by molar-refractivity contribution is 6.02. The maximum atomic E-state index is 12.3. The minimum atomic E-state index is -1.03. The molecular weight excluding hydrogens is 228 g/mol. The third-order valence-electron chi connectivity index (χ3n) is 2.58. The zero-order valence-electron chi connectivity index (χ0n) is 11.7. The van der Waals surface area contributed by atoms with Gasteiger partial charge >= 0.3 is 0 Å². The summed E-state index contributed by atoms with van der Waals surface area (Å²) in [4.78, 5) is 12.3. The Kier molecular flexibility index (Phi) is 4.52. The normalized spacial score (nSPS) is 13.5. The molecule has 1 aromatic rings. The summed E-state index contributed by atoms with van der Waals surface area (Å²) in [7, 11) is 0. The predicted octanol–water partition coefficient (Wildman–Crippen LogP) is 3.06. The first kappa shape index (κ1) is 14.7. The molecule has 0 aliphatic rings. The lowest BCUT2D eigenvalue weighted by atomic mass is 9.84. The Hall–Kier alpha value is -1.35. The molecule has 0 bridgehead atoms. The summed E-state index contributed by atoms with van der Waals surface area (Å²) in [5.74, 6) is 0.236. The standard InChI is InChI=1S/C15H22O3/c1-10(2)18-12-9-7-6-8-11(12)13(16)14(17)15(3,4)5/h6-10,14,17H,1-5H3. The SMILES string of the molecule is CC(C)Oc1ccccc1C(=O)C(O)C(C)(C)C. The Balaban J connectivity index is 3.06. The maximum Gasteiger partial charge on any atom is 0.195 e. The van der Waals surface area contributed by atoms with Crippen LogP contribution in [0.4, 0.5) is 0 Å². The molecular formula is C15H22O3. The first-order chi connectivity index (χ1) is 8.23. The van der Waals surface area contributed by atoms with Gasteiger partial charge in [-0.25, -0.2) is 0 Å². The summed E-state index contributed by atoms with van der Waals surface area (Å²) >= 11 is 0. The third-order valence-corrected chi connectivity index (χ3v) is 2.58. The van der Waals surface area contributed by atoms with Gasteiger partial charge in [0.05, 0.1) is 11.7 Å². The first-order valence-corrected chi connectivity index (χ1v) is 6.21. The van der Waals surface area contributed by atoms with Crippen LogP contribution < -0.4 is 4.74 Å². The van der Waals surface area contributed by atoms with Crippen LogP contribution >= 0.6 is 0 Å². The van der Waals surface area contributed by atoms with E-state index in [0.717, 1.165) is 0 Å². The highest BCUT2D eigenvalue weighted by Crippen LogP contribution is 2.27. The van der Waals surface area contributed by atoms with Gasteiger partial charge in [0.1, 0.15) is 11.9 Å². The molecule has 1 atom stereocenters. The number of carbonyl (C=O) groups excluding carboxylic acids is 1. The molecule has 3 nitrogen and oxygen atoms in total. The number of benzene rings is 1. The number of Topliss-reactive ketones (excluding diaryl/α,β-unsaturated/α-hetero) is 1. The smallest absolute Gasteiger partial charge is 0.195 e. The molecule has 1 unspecified atom stereocenters. The van der Waals surface area contributed by atoms with Crippen molar-refractivity contribution in [2.75, 3.05) is 0 Å². The van der Waals surface area contributed by atoms with Crippen LogP contribution in [0.2, 0.25) is 0 Å². The second-order valence-electron chi connectivity index (χ2n) is 5.80. The Labute approximate surface area is 109 Å². The Morgan fingerprint density at radius 3 is 2.28 bits per heavy atom. The van der Waals surface area contributed by atoms with Gasteiger partial charge in [-0.1, -0.05) is 32.9 Å². The molecule has 0 amide bonds. The third kappa shape index (κ3) is 3.57. The quantitative estimate of drug-likeness (QED) is 0.835. The molecule has 0 heterocycles. The summed E-state index contributed by atoms with van der Waals surface area (Å²) in [5, 5.41) is 10.1. The van der Waals surface area contributed by atoms with E-state index in [2.05, 4.69) is 0 Å². The van der Waals surface area contributed by atoms with Crippen LogP contribution in [-0.4, -0.2) is 23.1 Å². The topological polar surface area (TPSA) is 46.5 Å². The zero-order valence-corrected chi connectivity index (χ0v) is 11.7. The van der Waals surface area contributed by atoms with Gasteiger partial charge in [0, 0.05) is 0 Å². The number of aliphatic hydroxyl groups excluding tert-OH is 1. The molecule has 0 saturated carbocycles. The van der Waals surface area contributed by atoms with Crippen molar-refractivity contribution >= 4 is 5.78 Å². The minimum absolute atomic E-state index is 0.00858. The number of carbonyl (C=O) groups is 1. The molecule has 0 aliphatic carbocycles. The van der Waals surface area contributed by atoms with E-state index in [1.807, 2.05) is 40.7 Å². The van der Waals surface area contributed by atoms with E-state index < -0.39 is 11.5 Å². The summed E-state index contributed by atoms with van der Waals surface area (Å²) in [6, 6.07) is 7.03. The fourth-order valence-corrected chi connectivity index (χ4v) is 1.57. The second-order valence-corrected chi connectivity index (χ2v) is 5.80. The van der Waals surface area contributed by atoms with Crippen LogP contribution in [0.15, 0.2) is 24.3 Å². The molecule has 1 rings (SSSR count). The lowest BCUT2D eigenvalue weighted by Crippen LogP contribution is -2.34. The summed E-state index contributed by atoms with van der Waals surface area (Å²) < 4.78 is 5.60. The van der Waals surface area contributed by atoms with Crippen LogP contribution in [0.3, 0.4) is 0 Å². The Bertz CT molecular complexity index is 416. The largest absolute Gasteiger partial charge is 0.490 e. The van der Waals surface area contributed by atoms with Crippen molar-refractivity contribution in [1.82, 2.24) is 0 Å². The second kappa shape index (κ2) is 5.53.